The summed E-state index contributed by atoms with van der Waals surface area (Å²) in [6.45, 7) is 2.76. The van der Waals surface area contributed by atoms with Gasteiger partial charge in [0.2, 0.25) is 5.91 Å². The van der Waals surface area contributed by atoms with Crippen molar-refractivity contribution in [2.45, 2.75) is 70.8 Å². The molecule has 3 nitrogen and oxygen atoms in total. The van der Waals surface area contributed by atoms with Gasteiger partial charge < -0.3 is 11.1 Å². The van der Waals surface area contributed by atoms with E-state index in [1.54, 1.807) is 0 Å². The molecule has 1 rings (SSSR count). The molecule has 0 radical (unpaired) electrons. The number of nitrogens with two attached hydrogens (primary N) is 1. The number of hydrogen-bond acceptors (Lipinski definition) is 2. The van der Waals surface area contributed by atoms with Crippen molar-refractivity contribution in [1.29, 1.82) is 0 Å². The molecule has 3 N–H and O–H groups in total. The van der Waals surface area contributed by atoms with Crippen LogP contribution in [0.15, 0.2) is 0 Å². The average Bonchev–Trinajstić information content (AvgIpc) is 2.26. The van der Waals surface area contributed by atoms with Gasteiger partial charge in [0.15, 0.2) is 0 Å². The Labute approximate surface area is 106 Å². The van der Waals surface area contributed by atoms with Crippen LogP contribution in [0.1, 0.15) is 64.7 Å². The Morgan fingerprint density at radius 2 is 1.82 bits per heavy atom. The maximum absolute atomic E-state index is 12.0. The van der Waals surface area contributed by atoms with Gasteiger partial charge in [0.1, 0.15) is 0 Å². The summed E-state index contributed by atoms with van der Waals surface area (Å²) >= 11 is 0. The molecule has 17 heavy (non-hydrogen) atoms. The normalized spacial score (nSPS) is 20.4. The molecule has 0 saturated heterocycles. The van der Waals surface area contributed by atoms with Crippen LogP contribution in [-0.2, 0) is 4.79 Å². The summed E-state index contributed by atoms with van der Waals surface area (Å²) in [5.41, 5.74) is 5.90. The predicted molar refractivity (Wildman–Crippen MR) is 71.7 cm³/mol. The van der Waals surface area contributed by atoms with Gasteiger partial charge in [0.25, 0.3) is 0 Å². The second kappa shape index (κ2) is 8.51. The molecule has 1 unspecified atom stereocenters. The van der Waals surface area contributed by atoms with Crippen molar-refractivity contribution in [2.75, 3.05) is 6.54 Å². The first-order valence-electron chi connectivity index (χ1n) is 7.27. The lowest BCUT2D eigenvalue weighted by Gasteiger charge is -2.20. The Morgan fingerprint density at radius 1 is 1.24 bits per heavy atom. The third-order valence-corrected chi connectivity index (χ3v) is 3.67. The van der Waals surface area contributed by atoms with Crippen LogP contribution in [0.4, 0.5) is 0 Å². The van der Waals surface area contributed by atoms with Gasteiger partial charge in [-0.05, 0) is 19.3 Å². The first kappa shape index (κ1) is 14.5. The summed E-state index contributed by atoms with van der Waals surface area (Å²) in [5.74, 6) is 0.475. The van der Waals surface area contributed by atoms with Crippen molar-refractivity contribution in [3.05, 3.63) is 0 Å². The van der Waals surface area contributed by atoms with Crippen LogP contribution in [-0.4, -0.2) is 18.5 Å². The molecule has 0 aromatic carbocycles. The van der Waals surface area contributed by atoms with E-state index in [1.807, 2.05) is 0 Å². The number of amides is 1. The Balaban J connectivity index is 2.24. The minimum absolute atomic E-state index is 0.123. The lowest BCUT2D eigenvalue weighted by atomic mass is 9.90. The first-order valence-corrected chi connectivity index (χ1v) is 7.27. The van der Waals surface area contributed by atoms with Gasteiger partial charge >= 0.3 is 0 Å². The molecule has 3 heteroatoms. The molecule has 1 aliphatic rings. The van der Waals surface area contributed by atoms with E-state index >= 15 is 0 Å². The number of nitrogens with one attached hydrogen (secondary N) is 1. The van der Waals surface area contributed by atoms with Gasteiger partial charge in [0.05, 0.1) is 0 Å². The fourth-order valence-electron chi connectivity index (χ4n) is 2.57. The third kappa shape index (κ3) is 6.06. The Hall–Kier alpha value is -0.570. The SMILES string of the molecule is CCCC(N)CNC(=O)C1CCCCCCC1. The second-order valence-corrected chi connectivity index (χ2v) is 5.34. The molecule has 0 aromatic rings. The average molecular weight is 240 g/mol. The van der Waals surface area contributed by atoms with Crippen LogP contribution in [0.5, 0.6) is 0 Å². The number of rotatable bonds is 5. The zero-order valence-electron chi connectivity index (χ0n) is 11.2. The first-order chi connectivity index (χ1) is 8.24. The van der Waals surface area contributed by atoms with Gasteiger partial charge in [-0.3, -0.25) is 4.79 Å². The van der Waals surface area contributed by atoms with Crippen LogP contribution in [0, 0.1) is 5.92 Å². The highest BCUT2D eigenvalue weighted by molar-refractivity contribution is 5.78. The van der Waals surface area contributed by atoms with Crippen molar-refractivity contribution < 1.29 is 4.79 Å². The maximum Gasteiger partial charge on any atom is 0.223 e. The van der Waals surface area contributed by atoms with Gasteiger partial charge in [-0.2, -0.15) is 0 Å². The van der Waals surface area contributed by atoms with E-state index in [9.17, 15) is 4.79 Å². The molecule has 0 aromatic heterocycles. The van der Waals surface area contributed by atoms with Crippen molar-refractivity contribution in [2.24, 2.45) is 11.7 Å². The zero-order valence-corrected chi connectivity index (χ0v) is 11.2. The van der Waals surface area contributed by atoms with Crippen molar-refractivity contribution in [3.8, 4) is 0 Å². The molecular weight excluding hydrogens is 212 g/mol. The van der Waals surface area contributed by atoms with Crippen LogP contribution in [0.2, 0.25) is 0 Å². The molecule has 100 valence electrons. The number of hydrogen-bond donors (Lipinski definition) is 2. The lowest BCUT2D eigenvalue weighted by molar-refractivity contribution is -0.125. The molecule has 1 atom stereocenters. The van der Waals surface area contributed by atoms with E-state index in [2.05, 4.69) is 12.2 Å². The standard InChI is InChI=1S/C14H28N2O/c1-2-8-13(15)11-16-14(17)12-9-6-4-3-5-7-10-12/h12-13H,2-11,15H2,1H3,(H,16,17). The Kier molecular flexibility index (Phi) is 7.25. The van der Waals surface area contributed by atoms with Crippen molar-refractivity contribution >= 4 is 5.91 Å². The second-order valence-electron chi connectivity index (χ2n) is 5.34. The molecule has 1 aliphatic carbocycles. The van der Waals surface area contributed by atoms with E-state index in [4.69, 9.17) is 5.73 Å². The smallest absolute Gasteiger partial charge is 0.223 e. The number of carbonyl (C=O) groups excluding carboxylic acids is 1. The highest BCUT2D eigenvalue weighted by Crippen LogP contribution is 2.22. The van der Waals surface area contributed by atoms with Gasteiger partial charge in [-0.25, -0.2) is 0 Å². The van der Waals surface area contributed by atoms with E-state index in [-0.39, 0.29) is 17.9 Å². The molecular formula is C14H28N2O. The summed E-state index contributed by atoms with van der Waals surface area (Å²) in [4.78, 5) is 12.0. The summed E-state index contributed by atoms with van der Waals surface area (Å²) in [7, 11) is 0. The van der Waals surface area contributed by atoms with Gasteiger partial charge in [-0.1, -0.05) is 45.4 Å². The fourth-order valence-corrected chi connectivity index (χ4v) is 2.57. The highest BCUT2D eigenvalue weighted by Gasteiger charge is 2.19. The van der Waals surface area contributed by atoms with Crippen LogP contribution in [0.3, 0.4) is 0 Å². The fraction of sp³-hybridized carbons (Fsp3) is 0.929. The number of carbonyl (C=O) groups is 1. The minimum atomic E-state index is 0.123. The van der Waals surface area contributed by atoms with E-state index in [0.717, 1.165) is 25.7 Å². The van der Waals surface area contributed by atoms with Crippen molar-refractivity contribution in [3.63, 3.8) is 0 Å². The molecule has 0 spiro atoms. The summed E-state index contributed by atoms with van der Waals surface area (Å²) < 4.78 is 0. The van der Waals surface area contributed by atoms with Gasteiger partial charge in [-0.15, -0.1) is 0 Å². The molecule has 0 aliphatic heterocycles. The minimum Gasteiger partial charge on any atom is -0.354 e. The topological polar surface area (TPSA) is 55.1 Å². The van der Waals surface area contributed by atoms with Crippen LogP contribution in [0.25, 0.3) is 0 Å². The zero-order chi connectivity index (χ0) is 12.5. The van der Waals surface area contributed by atoms with Gasteiger partial charge in [0, 0.05) is 18.5 Å². The molecule has 0 bridgehead atoms. The maximum atomic E-state index is 12.0. The largest absolute Gasteiger partial charge is 0.354 e. The summed E-state index contributed by atoms with van der Waals surface area (Å²) in [5, 5.41) is 3.02. The molecule has 0 heterocycles. The lowest BCUT2D eigenvalue weighted by Crippen LogP contribution is -2.40. The van der Waals surface area contributed by atoms with E-state index in [0.29, 0.717) is 6.54 Å². The molecule has 1 fully saturated rings. The van der Waals surface area contributed by atoms with Crippen molar-refractivity contribution in [1.82, 2.24) is 5.32 Å². The quantitative estimate of drug-likeness (QED) is 0.776. The predicted octanol–water partition coefficient (Wildman–Crippen LogP) is 2.59. The summed E-state index contributed by atoms with van der Waals surface area (Å²) in [6, 6.07) is 0.123. The van der Waals surface area contributed by atoms with Crippen LogP contribution < -0.4 is 11.1 Å². The van der Waals surface area contributed by atoms with E-state index < -0.39 is 0 Å². The monoisotopic (exact) mass is 240 g/mol. The Morgan fingerprint density at radius 3 is 2.41 bits per heavy atom. The van der Waals surface area contributed by atoms with Crippen LogP contribution >= 0.6 is 0 Å². The third-order valence-electron chi connectivity index (χ3n) is 3.67. The highest BCUT2D eigenvalue weighted by atomic mass is 16.1. The van der Waals surface area contributed by atoms with E-state index in [1.165, 1.54) is 32.1 Å². The summed E-state index contributed by atoms with van der Waals surface area (Å²) in [6.07, 6.45) is 10.5. The molecule has 1 saturated carbocycles. The molecule has 1 amide bonds. The Bertz CT molecular complexity index is 210.